The molecule has 2 aliphatic rings. The maximum absolute atomic E-state index is 12.2. The number of rotatable bonds is 6. The first-order chi connectivity index (χ1) is 9.79. The number of likely N-dealkylation sites (tertiary alicyclic amines) is 1. The molecular weight excluding hydrogens is 252 g/mol. The zero-order valence-electron chi connectivity index (χ0n) is 12.9. The summed E-state index contributed by atoms with van der Waals surface area (Å²) in [6.07, 6.45) is 7.70. The van der Waals surface area contributed by atoms with Gasteiger partial charge in [-0.15, -0.1) is 0 Å². The molecule has 0 aromatic rings. The average Bonchev–Trinajstić information content (AvgIpc) is 2.52. The number of nitrogens with zero attached hydrogens (tertiary/aromatic N) is 1. The highest BCUT2D eigenvalue weighted by molar-refractivity contribution is 5.76. The van der Waals surface area contributed by atoms with Crippen molar-refractivity contribution in [1.29, 1.82) is 0 Å². The zero-order chi connectivity index (χ0) is 14.2. The maximum Gasteiger partial charge on any atom is 0.222 e. The van der Waals surface area contributed by atoms with Gasteiger partial charge in [-0.25, -0.2) is 0 Å². The van der Waals surface area contributed by atoms with Crippen LogP contribution in [0.15, 0.2) is 0 Å². The van der Waals surface area contributed by atoms with Gasteiger partial charge >= 0.3 is 0 Å². The number of hydrogen-bond acceptors (Lipinski definition) is 3. The highest BCUT2D eigenvalue weighted by Gasteiger charge is 2.23. The number of carbonyl (C=O) groups is 1. The molecular formula is C16H30N2O2. The van der Waals surface area contributed by atoms with E-state index in [-0.39, 0.29) is 0 Å². The van der Waals surface area contributed by atoms with E-state index in [1.165, 1.54) is 19.3 Å². The molecule has 1 amide bonds. The van der Waals surface area contributed by atoms with Crippen molar-refractivity contribution in [2.75, 3.05) is 39.9 Å². The van der Waals surface area contributed by atoms with Gasteiger partial charge in [0.15, 0.2) is 0 Å². The molecule has 0 spiro atoms. The average molecular weight is 282 g/mol. The number of amides is 1. The van der Waals surface area contributed by atoms with Gasteiger partial charge in [0.1, 0.15) is 0 Å². The summed E-state index contributed by atoms with van der Waals surface area (Å²) in [4.78, 5) is 14.3. The largest absolute Gasteiger partial charge is 0.381 e. The van der Waals surface area contributed by atoms with Gasteiger partial charge in [0.25, 0.3) is 0 Å². The van der Waals surface area contributed by atoms with Gasteiger partial charge < -0.3 is 15.0 Å². The van der Waals surface area contributed by atoms with Crippen LogP contribution < -0.4 is 5.32 Å². The minimum Gasteiger partial charge on any atom is -0.381 e. The van der Waals surface area contributed by atoms with Crippen molar-refractivity contribution in [2.24, 2.45) is 11.8 Å². The second-order valence-corrected chi connectivity index (χ2v) is 6.31. The molecule has 20 heavy (non-hydrogen) atoms. The fourth-order valence-electron chi connectivity index (χ4n) is 3.34. The highest BCUT2D eigenvalue weighted by Crippen LogP contribution is 2.23. The molecule has 116 valence electrons. The Hall–Kier alpha value is -0.610. The zero-order valence-corrected chi connectivity index (χ0v) is 12.9. The first kappa shape index (κ1) is 15.8. The third-order valence-electron chi connectivity index (χ3n) is 4.88. The molecule has 2 saturated heterocycles. The van der Waals surface area contributed by atoms with E-state index in [2.05, 4.69) is 10.2 Å². The Morgan fingerprint density at radius 1 is 1.10 bits per heavy atom. The Morgan fingerprint density at radius 2 is 1.75 bits per heavy atom. The van der Waals surface area contributed by atoms with Crippen LogP contribution >= 0.6 is 0 Å². The second-order valence-electron chi connectivity index (χ2n) is 6.31. The van der Waals surface area contributed by atoms with Crippen LogP contribution in [0.3, 0.4) is 0 Å². The summed E-state index contributed by atoms with van der Waals surface area (Å²) in [6, 6.07) is 0. The van der Waals surface area contributed by atoms with E-state index < -0.39 is 0 Å². The number of nitrogens with one attached hydrogen (secondary N) is 1. The second kappa shape index (κ2) is 8.63. The van der Waals surface area contributed by atoms with E-state index in [1.54, 1.807) is 0 Å². The standard InChI is InChI=1S/C16H30N2O2/c1-17-9-4-15-5-10-18(11-6-15)16(19)3-2-14-7-12-20-13-8-14/h14-15,17H,2-13H2,1H3. The lowest BCUT2D eigenvalue weighted by Gasteiger charge is -2.32. The molecule has 2 heterocycles. The molecule has 1 N–H and O–H groups in total. The molecule has 0 bridgehead atoms. The molecule has 2 rings (SSSR count). The maximum atomic E-state index is 12.2. The van der Waals surface area contributed by atoms with Crippen molar-refractivity contribution in [3.8, 4) is 0 Å². The van der Waals surface area contributed by atoms with E-state index in [0.29, 0.717) is 11.8 Å². The molecule has 0 aromatic heterocycles. The molecule has 4 nitrogen and oxygen atoms in total. The summed E-state index contributed by atoms with van der Waals surface area (Å²) in [5.74, 6) is 1.89. The lowest BCUT2D eigenvalue weighted by Crippen LogP contribution is -2.39. The molecule has 0 saturated carbocycles. The van der Waals surface area contributed by atoms with Crippen LogP contribution in [0.5, 0.6) is 0 Å². The first-order valence-corrected chi connectivity index (χ1v) is 8.29. The van der Waals surface area contributed by atoms with Crippen LogP contribution in [-0.2, 0) is 9.53 Å². The van der Waals surface area contributed by atoms with Crippen LogP contribution in [0.1, 0.15) is 44.9 Å². The summed E-state index contributed by atoms with van der Waals surface area (Å²) in [5.41, 5.74) is 0. The number of piperidine rings is 1. The van der Waals surface area contributed by atoms with Gasteiger partial charge in [-0.1, -0.05) is 0 Å². The third kappa shape index (κ3) is 5.06. The fourth-order valence-corrected chi connectivity index (χ4v) is 3.34. The molecule has 0 radical (unpaired) electrons. The molecule has 0 aliphatic carbocycles. The Bertz CT molecular complexity index is 282. The van der Waals surface area contributed by atoms with Gasteiger partial charge in [0.05, 0.1) is 0 Å². The van der Waals surface area contributed by atoms with Crippen LogP contribution in [-0.4, -0.2) is 50.7 Å². The predicted molar refractivity (Wildman–Crippen MR) is 80.6 cm³/mol. The van der Waals surface area contributed by atoms with Gasteiger partial charge in [-0.2, -0.15) is 0 Å². The molecule has 0 aromatic carbocycles. The topological polar surface area (TPSA) is 41.6 Å². The van der Waals surface area contributed by atoms with Gasteiger partial charge in [0, 0.05) is 32.7 Å². The number of ether oxygens (including phenoxy) is 1. The van der Waals surface area contributed by atoms with E-state index in [0.717, 1.165) is 64.4 Å². The van der Waals surface area contributed by atoms with E-state index in [1.807, 2.05) is 7.05 Å². The van der Waals surface area contributed by atoms with E-state index in [4.69, 9.17) is 4.74 Å². The normalized spacial score (nSPS) is 22.1. The molecule has 2 fully saturated rings. The monoisotopic (exact) mass is 282 g/mol. The summed E-state index contributed by atoms with van der Waals surface area (Å²) >= 11 is 0. The Balaban J connectivity index is 1.61. The van der Waals surface area contributed by atoms with Crippen molar-refractivity contribution in [2.45, 2.75) is 44.9 Å². The van der Waals surface area contributed by atoms with Crippen molar-refractivity contribution >= 4 is 5.91 Å². The summed E-state index contributed by atoms with van der Waals surface area (Å²) < 4.78 is 5.37. The fraction of sp³-hybridized carbons (Fsp3) is 0.938. The lowest BCUT2D eigenvalue weighted by atomic mass is 9.92. The minimum absolute atomic E-state index is 0.378. The molecule has 2 aliphatic heterocycles. The van der Waals surface area contributed by atoms with E-state index in [9.17, 15) is 4.79 Å². The summed E-state index contributed by atoms with van der Waals surface area (Å²) in [5, 5.41) is 3.21. The predicted octanol–water partition coefficient (Wildman–Crippen LogP) is 2.04. The summed E-state index contributed by atoms with van der Waals surface area (Å²) in [7, 11) is 2.01. The molecule has 4 heteroatoms. The smallest absolute Gasteiger partial charge is 0.222 e. The van der Waals surface area contributed by atoms with Gasteiger partial charge in [-0.05, 0) is 64.0 Å². The van der Waals surface area contributed by atoms with Gasteiger partial charge in [0.2, 0.25) is 5.91 Å². The van der Waals surface area contributed by atoms with Crippen molar-refractivity contribution in [3.63, 3.8) is 0 Å². The summed E-state index contributed by atoms with van der Waals surface area (Å²) in [6.45, 7) is 4.82. The van der Waals surface area contributed by atoms with Crippen molar-refractivity contribution in [1.82, 2.24) is 10.2 Å². The molecule has 0 unspecified atom stereocenters. The first-order valence-electron chi connectivity index (χ1n) is 8.29. The third-order valence-corrected chi connectivity index (χ3v) is 4.88. The number of hydrogen-bond donors (Lipinski definition) is 1. The quantitative estimate of drug-likeness (QED) is 0.810. The Labute approximate surface area is 123 Å². The SMILES string of the molecule is CNCCC1CCN(C(=O)CCC2CCOCC2)CC1. The van der Waals surface area contributed by atoms with Gasteiger partial charge in [-0.3, -0.25) is 4.79 Å². The van der Waals surface area contributed by atoms with Crippen LogP contribution in [0.2, 0.25) is 0 Å². The molecule has 0 atom stereocenters. The Morgan fingerprint density at radius 3 is 2.40 bits per heavy atom. The van der Waals surface area contributed by atoms with Crippen LogP contribution in [0.4, 0.5) is 0 Å². The number of carbonyl (C=O) groups excluding carboxylic acids is 1. The van der Waals surface area contributed by atoms with Crippen LogP contribution in [0.25, 0.3) is 0 Å². The Kier molecular flexibility index (Phi) is 6.80. The lowest BCUT2D eigenvalue weighted by molar-refractivity contribution is -0.133. The van der Waals surface area contributed by atoms with E-state index >= 15 is 0 Å². The van der Waals surface area contributed by atoms with Crippen molar-refractivity contribution < 1.29 is 9.53 Å². The van der Waals surface area contributed by atoms with Crippen molar-refractivity contribution in [3.05, 3.63) is 0 Å². The highest BCUT2D eigenvalue weighted by atomic mass is 16.5. The van der Waals surface area contributed by atoms with Crippen LogP contribution in [0, 0.1) is 11.8 Å². The minimum atomic E-state index is 0.378.